The van der Waals surface area contributed by atoms with Gasteiger partial charge in [0.2, 0.25) is 5.91 Å². The van der Waals surface area contributed by atoms with Gasteiger partial charge in [-0.05, 0) is 43.9 Å². The van der Waals surface area contributed by atoms with Crippen molar-refractivity contribution < 1.29 is 9.59 Å². The van der Waals surface area contributed by atoms with Gasteiger partial charge in [-0.1, -0.05) is 6.07 Å². The Hall–Kier alpha value is -2.57. The van der Waals surface area contributed by atoms with Gasteiger partial charge < -0.3 is 20.9 Å². The highest BCUT2D eigenvalue weighted by Crippen LogP contribution is 2.19. The number of carbonyl (C=O) groups is 2. The molecule has 1 aromatic carbocycles. The number of hydrogen-bond acceptors (Lipinski definition) is 3. The molecule has 128 valence electrons. The second-order valence-corrected chi connectivity index (χ2v) is 6.32. The van der Waals surface area contributed by atoms with Crippen LogP contribution in [0.3, 0.4) is 0 Å². The molecule has 0 spiro atoms. The molecule has 0 radical (unpaired) electrons. The number of aromatic nitrogens is 2. The fourth-order valence-corrected chi connectivity index (χ4v) is 3.21. The van der Waals surface area contributed by atoms with Gasteiger partial charge in [0.25, 0.3) is 0 Å². The number of aromatic amines is 1. The van der Waals surface area contributed by atoms with Crippen LogP contribution in [0.5, 0.6) is 0 Å². The smallest absolute Gasteiger partial charge is 0.315 e. The number of primary amides is 1. The molecule has 7 heteroatoms. The van der Waals surface area contributed by atoms with Crippen LogP contribution in [0.25, 0.3) is 11.0 Å². The highest BCUT2D eigenvalue weighted by molar-refractivity contribution is 5.87. The molecule has 3 amide bonds. The van der Waals surface area contributed by atoms with Crippen molar-refractivity contribution in [3.8, 4) is 0 Å². The van der Waals surface area contributed by atoms with Gasteiger partial charge in [0.05, 0.1) is 11.0 Å². The maximum Gasteiger partial charge on any atom is 0.315 e. The lowest BCUT2D eigenvalue weighted by Gasteiger charge is -2.21. The summed E-state index contributed by atoms with van der Waals surface area (Å²) < 4.78 is 0. The first-order valence-corrected chi connectivity index (χ1v) is 8.26. The lowest BCUT2D eigenvalue weighted by atomic mass is 10.1. The number of likely N-dealkylation sites (tertiary alicyclic amines) is 1. The molecule has 0 aliphatic carbocycles. The normalized spacial score (nSPS) is 17.4. The van der Waals surface area contributed by atoms with Crippen LogP contribution in [-0.2, 0) is 11.2 Å². The Balaban J connectivity index is 1.59. The zero-order valence-corrected chi connectivity index (χ0v) is 14.1. The van der Waals surface area contributed by atoms with E-state index >= 15 is 0 Å². The van der Waals surface area contributed by atoms with E-state index in [-0.39, 0.29) is 5.91 Å². The molecule has 2 heterocycles. The van der Waals surface area contributed by atoms with Crippen molar-refractivity contribution in [2.24, 2.45) is 5.73 Å². The summed E-state index contributed by atoms with van der Waals surface area (Å²) in [5.74, 6) is 0.701. The Morgan fingerprint density at radius 1 is 1.42 bits per heavy atom. The molecular weight excluding hydrogens is 306 g/mol. The van der Waals surface area contributed by atoms with Gasteiger partial charge >= 0.3 is 6.03 Å². The van der Waals surface area contributed by atoms with Crippen molar-refractivity contribution in [3.63, 3.8) is 0 Å². The van der Waals surface area contributed by atoms with Crippen LogP contribution in [0.4, 0.5) is 4.79 Å². The first kappa shape index (κ1) is 16.3. The van der Waals surface area contributed by atoms with Crippen molar-refractivity contribution in [2.45, 2.75) is 39.2 Å². The van der Waals surface area contributed by atoms with E-state index < -0.39 is 12.1 Å². The lowest BCUT2D eigenvalue weighted by molar-refractivity contribution is -0.124. The molecular formula is C17H23N5O2. The number of urea groups is 1. The third kappa shape index (κ3) is 3.06. The van der Waals surface area contributed by atoms with Crippen molar-refractivity contribution >= 4 is 23.0 Å². The maximum atomic E-state index is 12.2. The van der Waals surface area contributed by atoms with Crippen LogP contribution in [0, 0.1) is 13.8 Å². The Morgan fingerprint density at radius 2 is 2.21 bits per heavy atom. The summed E-state index contributed by atoms with van der Waals surface area (Å²) >= 11 is 0. The average Bonchev–Trinajstić information content (AvgIpc) is 3.18. The molecule has 1 aliphatic rings. The average molecular weight is 329 g/mol. The van der Waals surface area contributed by atoms with Gasteiger partial charge in [0.15, 0.2) is 0 Å². The summed E-state index contributed by atoms with van der Waals surface area (Å²) in [7, 11) is 0. The molecule has 0 bridgehead atoms. The van der Waals surface area contributed by atoms with Gasteiger partial charge in [0.1, 0.15) is 11.9 Å². The summed E-state index contributed by atoms with van der Waals surface area (Å²) in [6.45, 7) is 5.15. The number of hydrogen-bond donors (Lipinski definition) is 3. The SMILES string of the molecule is Cc1ccc2[nH]c(CCNC(=O)[C@@H]3CCCN3C(N)=O)nc2c1C. The Labute approximate surface area is 140 Å². The molecule has 7 nitrogen and oxygen atoms in total. The topological polar surface area (TPSA) is 104 Å². The molecule has 24 heavy (non-hydrogen) atoms. The number of benzene rings is 1. The molecule has 3 rings (SSSR count). The Kier molecular flexibility index (Phi) is 4.42. The van der Waals surface area contributed by atoms with E-state index in [0.29, 0.717) is 25.9 Å². The number of H-pyrrole nitrogens is 1. The monoisotopic (exact) mass is 329 g/mol. The van der Waals surface area contributed by atoms with Gasteiger partial charge in [-0.25, -0.2) is 9.78 Å². The largest absolute Gasteiger partial charge is 0.354 e. The van der Waals surface area contributed by atoms with Crippen LogP contribution in [-0.4, -0.2) is 45.9 Å². The quantitative estimate of drug-likeness (QED) is 0.789. The number of nitrogens with two attached hydrogens (primary N) is 1. The number of fused-ring (bicyclic) bond motifs is 1. The van der Waals surface area contributed by atoms with Crippen LogP contribution < -0.4 is 11.1 Å². The van der Waals surface area contributed by atoms with Crippen molar-refractivity contribution in [1.82, 2.24) is 20.2 Å². The van der Waals surface area contributed by atoms with Crippen molar-refractivity contribution in [1.29, 1.82) is 0 Å². The number of amides is 3. The van der Waals surface area contributed by atoms with E-state index in [1.165, 1.54) is 16.0 Å². The van der Waals surface area contributed by atoms with Crippen molar-refractivity contribution in [2.75, 3.05) is 13.1 Å². The standard InChI is InChI=1S/C17H23N5O2/c1-10-5-6-12-15(11(10)2)21-14(20-12)7-8-19-16(23)13-4-3-9-22(13)17(18)24/h5-6,13H,3-4,7-9H2,1-2H3,(H2,18,24)(H,19,23)(H,20,21)/t13-/m0/s1. The number of nitrogens with one attached hydrogen (secondary N) is 2. The molecule has 1 fully saturated rings. The number of aryl methyl sites for hydroxylation is 2. The van der Waals surface area contributed by atoms with E-state index in [1.54, 1.807) is 0 Å². The number of rotatable bonds is 4. The van der Waals surface area contributed by atoms with Gasteiger partial charge in [-0.3, -0.25) is 4.79 Å². The van der Waals surface area contributed by atoms with Crippen LogP contribution in [0.2, 0.25) is 0 Å². The van der Waals surface area contributed by atoms with Gasteiger partial charge in [-0.15, -0.1) is 0 Å². The van der Waals surface area contributed by atoms with E-state index in [1.807, 2.05) is 6.07 Å². The summed E-state index contributed by atoms with van der Waals surface area (Å²) in [5, 5.41) is 2.88. The molecule has 1 aromatic heterocycles. The number of imidazole rings is 1. The molecule has 2 aromatic rings. The zero-order chi connectivity index (χ0) is 17.3. The van der Waals surface area contributed by atoms with E-state index in [2.05, 4.69) is 35.2 Å². The second kappa shape index (κ2) is 6.51. The zero-order valence-electron chi connectivity index (χ0n) is 14.1. The summed E-state index contributed by atoms with van der Waals surface area (Å²) in [4.78, 5) is 32.9. The maximum absolute atomic E-state index is 12.2. The molecule has 0 unspecified atom stereocenters. The van der Waals surface area contributed by atoms with Gasteiger partial charge in [-0.2, -0.15) is 0 Å². The van der Waals surface area contributed by atoms with Crippen LogP contribution >= 0.6 is 0 Å². The van der Waals surface area contributed by atoms with Crippen LogP contribution in [0.15, 0.2) is 12.1 Å². The first-order chi connectivity index (χ1) is 11.5. The number of carbonyl (C=O) groups excluding carboxylic acids is 2. The highest BCUT2D eigenvalue weighted by atomic mass is 16.2. The summed E-state index contributed by atoms with van der Waals surface area (Å²) in [6, 6.07) is 3.12. The summed E-state index contributed by atoms with van der Waals surface area (Å²) in [6.07, 6.45) is 2.09. The fraction of sp³-hybridized carbons (Fsp3) is 0.471. The Morgan fingerprint density at radius 3 is 2.96 bits per heavy atom. The lowest BCUT2D eigenvalue weighted by Crippen LogP contribution is -2.48. The first-order valence-electron chi connectivity index (χ1n) is 8.26. The van der Waals surface area contributed by atoms with Gasteiger partial charge in [0, 0.05) is 19.5 Å². The Bertz CT molecular complexity index is 783. The minimum absolute atomic E-state index is 0.144. The van der Waals surface area contributed by atoms with Crippen molar-refractivity contribution in [3.05, 3.63) is 29.1 Å². The minimum Gasteiger partial charge on any atom is -0.354 e. The molecule has 4 N–H and O–H groups in total. The van der Waals surface area contributed by atoms with E-state index in [4.69, 9.17) is 5.73 Å². The highest BCUT2D eigenvalue weighted by Gasteiger charge is 2.32. The third-order valence-electron chi connectivity index (χ3n) is 4.73. The second-order valence-electron chi connectivity index (χ2n) is 6.32. The third-order valence-corrected chi connectivity index (χ3v) is 4.73. The van der Waals surface area contributed by atoms with E-state index in [9.17, 15) is 9.59 Å². The predicted molar refractivity (Wildman–Crippen MR) is 91.6 cm³/mol. The molecule has 1 aliphatic heterocycles. The number of nitrogens with zero attached hydrogens (tertiary/aromatic N) is 2. The molecule has 1 saturated heterocycles. The fourth-order valence-electron chi connectivity index (χ4n) is 3.21. The van der Waals surface area contributed by atoms with E-state index in [0.717, 1.165) is 23.3 Å². The molecule has 0 saturated carbocycles. The predicted octanol–water partition coefficient (Wildman–Crippen LogP) is 1.38. The minimum atomic E-state index is -0.532. The summed E-state index contributed by atoms with van der Waals surface area (Å²) in [5.41, 5.74) is 9.67. The molecule has 1 atom stereocenters. The van der Waals surface area contributed by atoms with Crippen LogP contribution in [0.1, 0.15) is 29.8 Å².